The van der Waals surface area contributed by atoms with Crippen LogP contribution in [-0.2, 0) is 16.0 Å². The van der Waals surface area contributed by atoms with Gasteiger partial charge in [-0.2, -0.15) is 0 Å². The van der Waals surface area contributed by atoms with E-state index in [0.29, 0.717) is 28.7 Å². The Morgan fingerprint density at radius 3 is 2.38 bits per heavy atom. The van der Waals surface area contributed by atoms with Crippen molar-refractivity contribution in [3.8, 4) is 0 Å². The van der Waals surface area contributed by atoms with Gasteiger partial charge in [0.2, 0.25) is 11.8 Å². The van der Waals surface area contributed by atoms with E-state index in [-0.39, 0.29) is 30.6 Å². The first kappa shape index (κ1) is 20.2. The van der Waals surface area contributed by atoms with Crippen molar-refractivity contribution in [2.75, 3.05) is 18.4 Å². The van der Waals surface area contributed by atoms with Crippen LogP contribution in [0.3, 0.4) is 0 Å². The maximum absolute atomic E-state index is 12.9. The number of hydrogen-bond acceptors (Lipinski definition) is 2. The fourth-order valence-electron chi connectivity index (χ4n) is 2.40. The summed E-state index contributed by atoms with van der Waals surface area (Å²) in [4.78, 5) is 25.4. The standard InChI is InChI=1S/C19H19Cl2FN2O2/c1-13(25)24(10-8-14-2-3-15(20)12-18(14)21)11-9-19(26)23-17-6-4-16(22)5-7-17/h2-7,12H,8-11H2,1H3,(H,23,26). The molecule has 1 N–H and O–H groups in total. The molecule has 0 aromatic heterocycles. The molecule has 0 aliphatic carbocycles. The summed E-state index contributed by atoms with van der Waals surface area (Å²) in [6.07, 6.45) is 0.709. The zero-order valence-electron chi connectivity index (χ0n) is 14.3. The normalized spacial score (nSPS) is 10.5. The Bertz CT molecular complexity index is 782. The van der Waals surface area contributed by atoms with E-state index >= 15 is 0 Å². The molecule has 0 bridgehead atoms. The number of hydrogen-bond donors (Lipinski definition) is 1. The van der Waals surface area contributed by atoms with Crippen molar-refractivity contribution < 1.29 is 14.0 Å². The minimum Gasteiger partial charge on any atom is -0.342 e. The van der Waals surface area contributed by atoms with Crippen LogP contribution in [-0.4, -0.2) is 29.8 Å². The summed E-state index contributed by atoms with van der Waals surface area (Å²) in [5.41, 5.74) is 1.40. The second kappa shape index (κ2) is 9.55. The first-order chi connectivity index (χ1) is 12.3. The molecule has 2 aromatic carbocycles. The van der Waals surface area contributed by atoms with E-state index in [1.165, 1.54) is 31.2 Å². The smallest absolute Gasteiger partial charge is 0.226 e. The van der Waals surface area contributed by atoms with Crippen LogP contribution >= 0.6 is 23.2 Å². The molecule has 26 heavy (non-hydrogen) atoms. The van der Waals surface area contributed by atoms with Gasteiger partial charge >= 0.3 is 0 Å². The van der Waals surface area contributed by atoms with E-state index in [1.807, 2.05) is 6.07 Å². The van der Waals surface area contributed by atoms with Gasteiger partial charge in [0, 0.05) is 42.2 Å². The van der Waals surface area contributed by atoms with Crippen LogP contribution in [0.4, 0.5) is 10.1 Å². The number of nitrogens with one attached hydrogen (secondary N) is 1. The van der Waals surface area contributed by atoms with Crippen molar-refractivity contribution in [1.82, 2.24) is 4.90 Å². The zero-order valence-corrected chi connectivity index (χ0v) is 15.8. The molecule has 2 aromatic rings. The van der Waals surface area contributed by atoms with E-state index in [1.54, 1.807) is 17.0 Å². The van der Waals surface area contributed by atoms with E-state index in [9.17, 15) is 14.0 Å². The highest BCUT2D eigenvalue weighted by Crippen LogP contribution is 2.21. The Hall–Kier alpha value is -2.11. The molecule has 4 nitrogen and oxygen atoms in total. The third-order valence-corrected chi connectivity index (χ3v) is 4.44. The first-order valence-corrected chi connectivity index (χ1v) is 8.85. The SMILES string of the molecule is CC(=O)N(CCC(=O)Nc1ccc(F)cc1)CCc1ccc(Cl)cc1Cl. The predicted molar refractivity (Wildman–Crippen MR) is 102 cm³/mol. The second-order valence-electron chi connectivity index (χ2n) is 5.80. The maximum Gasteiger partial charge on any atom is 0.226 e. The molecular weight excluding hydrogens is 378 g/mol. The van der Waals surface area contributed by atoms with E-state index in [4.69, 9.17) is 23.2 Å². The van der Waals surface area contributed by atoms with Gasteiger partial charge < -0.3 is 10.2 Å². The number of halogens is 3. The molecule has 0 radical (unpaired) electrons. The number of carbonyl (C=O) groups is 2. The number of benzene rings is 2. The van der Waals surface area contributed by atoms with Crippen molar-refractivity contribution in [1.29, 1.82) is 0 Å². The quantitative estimate of drug-likeness (QED) is 0.745. The molecule has 0 spiro atoms. The van der Waals surface area contributed by atoms with Gasteiger partial charge in [0.05, 0.1) is 0 Å². The summed E-state index contributed by atoms with van der Waals surface area (Å²) in [6, 6.07) is 10.7. The van der Waals surface area contributed by atoms with Crippen molar-refractivity contribution >= 4 is 40.7 Å². The van der Waals surface area contributed by atoms with Crippen LogP contribution in [0, 0.1) is 5.82 Å². The van der Waals surface area contributed by atoms with Gasteiger partial charge in [-0.05, 0) is 48.4 Å². The lowest BCUT2D eigenvalue weighted by Crippen LogP contribution is -2.33. The molecule has 0 heterocycles. The van der Waals surface area contributed by atoms with Gasteiger partial charge in [0.15, 0.2) is 0 Å². The van der Waals surface area contributed by atoms with Crippen LogP contribution in [0.2, 0.25) is 10.0 Å². The lowest BCUT2D eigenvalue weighted by molar-refractivity contribution is -0.129. The molecule has 0 fully saturated rings. The number of carbonyl (C=O) groups excluding carboxylic acids is 2. The Labute approximate surface area is 161 Å². The van der Waals surface area contributed by atoms with E-state index in [0.717, 1.165) is 5.56 Å². The number of amides is 2. The summed E-state index contributed by atoms with van der Waals surface area (Å²) in [5, 5.41) is 3.78. The molecule has 0 unspecified atom stereocenters. The Morgan fingerprint density at radius 1 is 1.08 bits per heavy atom. The predicted octanol–water partition coefficient (Wildman–Crippen LogP) is 4.55. The van der Waals surface area contributed by atoms with Gasteiger partial charge in [-0.3, -0.25) is 9.59 Å². The van der Waals surface area contributed by atoms with E-state index < -0.39 is 0 Å². The molecule has 2 rings (SSSR count). The van der Waals surface area contributed by atoms with Gasteiger partial charge in [-0.1, -0.05) is 29.3 Å². The van der Waals surface area contributed by atoms with Crippen molar-refractivity contribution in [2.24, 2.45) is 0 Å². The topological polar surface area (TPSA) is 49.4 Å². The van der Waals surface area contributed by atoms with Gasteiger partial charge in [-0.25, -0.2) is 4.39 Å². The summed E-state index contributed by atoms with van der Waals surface area (Å²) in [5.74, 6) is -0.733. The number of anilines is 1. The van der Waals surface area contributed by atoms with Crippen LogP contribution in [0.1, 0.15) is 18.9 Å². The molecule has 0 aliphatic rings. The minimum atomic E-state index is -0.369. The molecule has 0 saturated heterocycles. The Kier molecular flexibility index (Phi) is 7.42. The molecular formula is C19H19Cl2FN2O2. The van der Waals surface area contributed by atoms with E-state index in [2.05, 4.69) is 5.32 Å². The molecule has 0 saturated carbocycles. The molecule has 138 valence electrons. The highest BCUT2D eigenvalue weighted by molar-refractivity contribution is 6.35. The molecule has 2 amide bonds. The summed E-state index contributed by atoms with van der Waals surface area (Å²) >= 11 is 12.0. The van der Waals surface area contributed by atoms with Crippen molar-refractivity contribution in [2.45, 2.75) is 19.8 Å². The van der Waals surface area contributed by atoms with Crippen LogP contribution in [0.25, 0.3) is 0 Å². The lowest BCUT2D eigenvalue weighted by Gasteiger charge is -2.21. The largest absolute Gasteiger partial charge is 0.342 e. The highest BCUT2D eigenvalue weighted by Gasteiger charge is 2.12. The highest BCUT2D eigenvalue weighted by atomic mass is 35.5. The maximum atomic E-state index is 12.9. The fourth-order valence-corrected chi connectivity index (χ4v) is 2.90. The monoisotopic (exact) mass is 396 g/mol. The molecule has 0 aliphatic heterocycles. The second-order valence-corrected chi connectivity index (χ2v) is 6.64. The summed E-state index contributed by atoms with van der Waals surface area (Å²) < 4.78 is 12.9. The molecule has 7 heteroatoms. The van der Waals surface area contributed by atoms with Gasteiger partial charge in [-0.15, -0.1) is 0 Å². The van der Waals surface area contributed by atoms with Crippen LogP contribution < -0.4 is 5.32 Å². The van der Waals surface area contributed by atoms with Crippen LogP contribution in [0.5, 0.6) is 0 Å². The molecule has 0 atom stereocenters. The summed E-state index contributed by atoms with van der Waals surface area (Å²) in [7, 11) is 0. The summed E-state index contributed by atoms with van der Waals surface area (Å²) in [6.45, 7) is 2.19. The third kappa shape index (κ3) is 6.32. The zero-order chi connectivity index (χ0) is 19.1. The van der Waals surface area contributed by atoms with Gasteiger partial charge in [0.25, 0.3) is 0 Å². The Balaban J connectivity index is 1.86. The van der Waals surface area contributed by atoms with Crippen molar-refractivity contribution in [3.05, 3.63) is 63.9 Å². The Morgan fingerprint density at radius 2 is 1.77 bits per heavy atom. The van der Waals surface area contributed by atoms with Gasteiger partial charge in [0.1, 0.15) is 5.82 Å². The lowest BCUT2D eigenvalue weighted by atomic mass is 10.1. The minimum absolute atomic E-state index is 0.121. The fraction of sp³-hybridized carbons (Fsp3) is 0.263. The number of nitrogens with zero attached hydrogens (tertiary/aromatic N) is 1. The average Bonchev–Trinajstić information content (AvgIpc) is 2.58. The van der Waals surface area contributed by atoms with Crippen LogP contribution in [0.15, 0.2) is 42.5 Å². The first-order valence-electron chi connectivity index (χ1n) is 8.10. The third-order valence-electron chi connectivity index (χ3n) is 3.85. The average molecular weight is 397 g/mol. The van der Waals surface area contributed by atoms with Crippen molar-refractivity contribution in [3.63, 3.8) is 0 Å². The number of rotatable bonds is 7.